The molecule has 0 saturated heterocycles. The molecule has 140 valence electrons. The third-order valence-corrected chi connectivity index (χ3v) is 4.96. The number of anilines is 2. The summed E-state index contributed by atoms with van der Waals surface area (Å²) in [6, 6.07) is 8.43. The van der Waals surface area contributed by atoms with Crippen molar-refractivity contribution in [2.45, 2.75) is 20.3 Å². The zero-order chi connectivity index (χ0) is 19.5. The summed E-state index contributed by atoms with van der Waals surface area (Å²) in [5.41, 5.74) is 2.27. The normalized spacial score (nSPS) is 11.3. The molecule has 0 aliphatic carbocycles. The quantitative estimate of drug-likeness (QED) is 0.833. The van der Waals surface area contributed by atoms with Gasteiger partial charge in [0.1, 0.15) is 0 Å². The van der Waals surface area contributed by atoms with Crippen molar-refractivity contribution in [3.8, 4) is 0 Å². The molecule has 1 amide bonds. The molecule has 0 saturated carbocycles. The molecule has 0 spiro atoms. The molecule has 2 rings (SSSR count). The Balaban J connectivity index is 2.13. The second kappa shape index (κ2) is 7.82. The summed E-state index contributed by atoms with van der Waals surface area (Å²) in [5, 5.41) is 2.43. The molecule has 0 fully saturated rings. The highest BCUT2D eigenvalue weighted by atomic mass is 32.2. The molecule has 0 aliphatic rings. The minimum atomic E-state index is -3.59. The summed E-state index contributed by atoms with van der Waals surface area (Å²) < 4.78 is 51.6. The molecule has 5 nitrogen and oxygen atoms in total. The summed E-state index contributed by atoms with van der Waals surface area (Å²) in [6.07, 6.45) is 0.932. The van der Waals surface area contributed by atoms with Gasteiger partial charge in [-0.15, -0.1) is 0 Å². The van der Waals surface area contributed by atoms with E-state index in [0.29, 0.717) is 5.69 Å². The lowest BCUT2D eigenvalue weighted by atomic mass is 10.1. The largest absolute Gasteiger partial charge is 0.326 e. The van der Waals surface area contributed by atoms with Crippen molar-refractivity contribution in [1.29, 1.82) is 0 Å². The van der Waals surface area contributed by atoms with Crippen molar-refractivity contribution in [2.75, 3.05) is 22.4 Å². The van der Waals surface area contributed by atoms with Crippen LogP contribution in [0.25, 0.3) is 0 Å². The van der Waals surface area contributed by atoms with Crippen molar-refractivity contribution in [3.05, 3.63) is 59.2 Å². The van der Waals surface area contributed by atoms with Gasteiger partial charge in [0.25, 0.3) is 0 Å². The average molecular weight is 382 g/mol. The van der Waals surface area contributed by atoms with Gasteiger partial charge < -0.3 is 5.32 Å². The van der Waals surface area contributed by atoms with Gasteiger partial charge in [0.15, 0.2) is 11.6 Å². The minimum absolute atomic E-state index is 0.0708. The maximum Gasteiger partial charge on any atom is 0.232 e. The fraction of sp³-hybridized carbons (Fsp3) is 0.278. The number of amides is 1. The van der Waals surface area contributed by atoms with Crippen molar-refractivity contribution in [1.82, 2.24) is 0 Å². The number of hydrogen-bond acceptors (Lipinski definition) is 3. The smallest absolute Gasteiger partial charge is 0.232 e. The van der Waals surface area contributed by atoms with Gasteiger partial charge >= 0.3 is 0 Å². The molecular formula is C18H20F2N2O3S. The fourth-order valence-electron chi connectivity index (χ4n) is 2.45. The van der Waals surface area contributed by atoms with E-state index in [4.69, 9.17) is 0 Å². The zero-order valence-corrected chi connectivity index (χ0v) is 15.5. The molecule has 0 aromatic heterocycles. The standard InChI is InChI=1S/C18H20F2N2O3S/c1-12-4-5-13(2)17(10-12)22(26(3,24)25)9-8-18(23)21-14-6-7-15(19)16(20)11-14/h4-7,10-11H,8-9H2,1-3H3,(H,21,23). The number of halogens is 2. The molecule has 26 heavy (non-hydrogen) atoms. The molecule has 0 unspecified atom stereocenters. The van der Waals surface area contributed by atoms with Crippen LogP contribution < -0.4 is 9.62 Å². The van der Waals surface area contributed by atoms with Gasteiger partial charge in [-0.25, -0.2) is 17.2 Å². The Morgan fingerprint density at radius 1 is 1.08 bits per heavy atom. The molecule has 0 atom stereocenters. The van der Waals surface area contributed by atoms with Crippen LogP contribution in [0.2, 0.25) is 0 Å². The van der Waals surface area contributed by atoms with E-state index >= 15 is 0 Å². The number of nitrogens with zero attached hydrogens (tertiary/aromatic N) is 1. The number of hydrogen-bond donors (Lipinski definition) is 1. The highest BCUT2D eigenvalue weighted by Crippen LogP contribution is 2.24. The molecule has 0 aliphatic heterocycles. The third-order valence-electron chi connectivity index (χ3n) is 3.78. The van der Waals surface area contributed by atoms with Crippen LogP contribution in [-0.2, 0) is 14.8 Å². The van der Waals surface area contributed by atoms with Crippen LogP contribution in [0.1, 0.15) is 17.5 Å². The van der Waals surface area contributed by atoms with Gasteiger partial charge in [0.2, 0.25) is 15.9 Å². The SMILES string of the molecule is Cc1ccc(C)c(N(CCC(=O)Nc2ccc(F)c(F)c2)S(C)(=O)=O)c1. The molecule has 1 N–H and O–H groups in total. The van der Waals surface area contributed by atoms with Gasteiger partial charge in [-0.3, -0.25) is 9.10 Å². The van der Waals surface area contributed by atoms with E-state index in [1.807, 2.05) is 19.1 Å². The number of carbonyl (C=O) groups is 1. The first-order valence-corrected chi connectivity index (χ1v) is 9.72. The minimum Gasteiger partial charge on any atom is -0.326 e. The lowest BCUT2D eigenvalue weighted by molar-refractivity contribution is -0.116. The van der Waals surface area contributed by atoms with Gasteiger partial charge in [0.05, 0.1) is 11.9 Å². The maximum atomic E-state index is 13.2. The average Bonchev–Trinajstić information content (AvgIpc) is 2.53. The van der Waals surface area contributed by atoms with E-state index in [1.54, 1.807) is 13.0 Å². The van der Waals surface area contributed by atoms with Crippen molar-refractivity contribution in [2.24, 2.45) is 0 Å². The third kappa shape index (κ3) is 5.01. The van der Waals surface area contributed by atoms with E-state index in [1.165, 1.54) is 10.4 Å². The second-order valence-electron chi connectivity index (χ2n) is 6.05. The molecule has 0 radical (unpaired) electrons. The molecular weight excluding hydrogens is 362 g/mol. The van der Waals surface area contributed by atoms with Crippen LogP contribution in [0.15, 0.2) is 36.4 Å². The van der Waals surface area contributed by atoms with E-state index < -0.39 is 27.6 Å². The van der Waals surface area contributed by atoms with E-state index in [9.17, 15) is 22.0 Å². The summed E-state index contributed by atoms with van der Waals surface area (Å²) in [5.74, 6) is -2.59. The Kier molecular flexibility index (Phi) is 5.97. The fourth-order valence-corrected chi connectivity index (χ4v) is 3.43. The number of aryl methyl sites for hydroxylation is 2. The first kappa shape index (κ1) is 19.8. The summed E-state index contributed by atoms with van der Waals surface area (Å²) in [4.78, 5) is 12.1. The van der Waals surface area contributed by atoms with Crippen molar-refractivity contribution < 1.29 is 22.0 Å². The van der Waals surface area contributed by atoms with E-state index in [-0.39, 0.29) is 18.7 Å². The molecule has 2 aromatic carbocycles. The number of benzene rings is 2. The predicted molar refractivity (Wildman–Crippen MR) is 97.7 cm³/mol. The van der Waals surface area contributed by atoms with Crippen LogP contribution in [-0.4, -0.2) is 27.1 Å². The molecule has 0 heterocycles. The highest BCUT2D eigenvalue weighted by molar-refractivity contribution is 7.92. The van der Waals surface area contributed by atoms with E-state index in [0.717, 1.165) is 29.5 Å². The number of nitrogens with one attached hydrogen (secondary N) is 1. The van der Waals surface area contributed by atoms with Crippen LogP contribution in [0, 0.1) is 25.5 Å². The van der Waals surface area contributed by atoms with E-state index in [2.05, 4.69) is 5.32 Å². The van der Waals surface area contributed by atoms with Crippen LogP contribution >= 0.6 is 0 Å². The Bertz CT molecular complexity index is 930. The Labute approximate surface area is 151 Å². The van der Waals surface area contributed by atoms with Gasteiger partial charge in [-0.05, 0) is 43.2 Å². The number of rotatable bonds is 6. The lowest BCUT2D eigenvalue weighted by Gasteiger charge is -2.24. The Hall–Kier alpha value is -2.48. The first-order chi connectivity index (χ1) is 12.1. The zero-order valence-electron chi connectivity index (χ0n) is 14.7. The van der Waals surface area contributed by atoms with Crippen LogP contribution in [0.5, 0.6) is 0 Å². The van der Waals surface area contributed by atoms with Crippen molar-refractivity contribution >= 4 is 27.3 Å². The summed E-state index contributed by atoms with van der Waals surface area (Å²) >= 11 is 0. The Morgan fingerprint density at radius 2 is 1.77 bits per heavy atom. The van der Waals surface area contributed by atoms with Gasteiger partial charge in [-0.1, -0.05) is 12.1 Å². The monoisotopic (exact) mass is 382 g/mol. The second-order valence-corrected chi connectivity index (χ2v) is 7.96. The van der Waals surface area contributed by atoms with Crippen LogP contribution in [0.4, 0.5) is 20.2 Å². The maximum absolute atomic E-state index is 13.2. The number of sulfonamides is 1. The summed E-state index contributed by atoms with van der Waals surface area (Å²) in [6.45, 7) is 3.56. The van der Waals surface area contributed by atoms with Crippen LogP contribution in [0.3, 0.4) is 0 Å². The molecule has 0 bridgehead atoms. The highest BCUT2D eigenvalue weighted by Gasteiger charge is 2.20. The Morgan fingerprint density at radius 3 is 2.38 bits per heavy atom. The topological polar surface area (TPSA) is 66.5 Å². The van der Waals surface area contributed by atoms with Crippen molar-refractivity contribution in [3.63, 3.8) is 0 Å². The van der Waals surface area contributed by atoms with Gasteiger partial charge in [0, 0.05) is 24.7 Å². The molecule has 2 aromatic rings. The first-order valence-electron chi connectivity index (χ1n) is 7.88. The molecule has 8 heteroatoms. The number of carbonyl (C=O) groups excluding carboxylic acids is 1. The predicted octanol–water partition coefficient (Wildman–Crippen LogP) is 3.38. The summed E-state index contributed by atoms with van der Waals surface area (Å²) in [7, 11) is -3.59. The lowest BCUT2D eigenvalue weighted by Crippen LogP contribution is -2.33. The van der Waals surface area contributed by atoms with Gasteiger partial charge in [-0.2, -0.15) is 0 Å².